The molecule has 0 radical (unpaired) electrons. The Morgan fingerprint density at radius 3 is 2.20 bits per heavy atom. The lowest BCUT2D eigenvalue weighted by Gasteiger charge is -2.27. The van der Waals surface area contributed by atoms with Crippen LogP contribution >= 0.6 is 42.3 Å². The summed E-state index contributed by atoms with van der Waals surface area (Å²) in [6.07, 6.45) is 0. The zero-order chi connectivity index (χ0) is 11.9. The van der Waals surface area contributed by atoms with Gasteiger partial charge in [0.15, 0.2) is 0 Å². The average molecular weight is 295 g/mol. The van der Waals surface area contributed by atoms with Crippen LogP contribution in [0.5, 0.6) is 0 Å². The third-order valence-electron chi connectivity index (χ3n) is 1.66. The van der Waals surface area contributed by atoms with Crippen LogP contribution in [0.3, 0.4) is 0 Å². The van der Waals surface area contributed by atoms with Crippen molar-refractivity contribution in [1.82, 2.24) is 4.67 Å². The number of hydrogen-bond acceptors (Lipinski definition) is 2. The molecule has 0 aliphatic carbocycles. The van der Waals surface area contributed by atoms with Gasteiger partial charge in [-0.15, -0.1) is 23.2 Å². The molecule has 0 saturated heterocycles. The fraction of sp³-hybridized carbons (Fsp3) is 0.750. The zero-order valence-corrected chi connectivity index (χ0v) is 11.7. The summed E-state index contributed by atoms with van der Waals surface area (Å²) in [4.78, 5) is 0. The lowest BCUT2D eigenvalue weighted by Crippen LogP contribution is -2.25. The van der Waals surface area contributed by atoms with Gasteiger partial charge in [0.25, 0.3) is 7.52 Å². The number of alkyl halides is 2. The van der Waals surface area contributed by atoms with Crippen LogP contribution in [0.2, 0.25) is 0 Å². The molecule has 0 heterocycles. The van der Waals surface area contributed by atoms with E-state index in [9.17, 15) is 4.57 Å². The average Bonchev–Trinajstić information content (AvgIpc) is 2.15. The molecule has 0 amide bonds. The molecule has 90 valence electrons. The number of hydrogen-bond donors (Lipinski definition) is 0. The quantitative estimate of drug-likeness (QED) is 0.508. The van der Waals surface area contributed by atoms with Gasteiger partial charge in [0.05, 0.1) is 6.61 Å². The molecule has 0 aromatic rings. The first-order valence-corrected chi connectivity index (χ1v) is 7.84. The van der Waals surface area contributed by atoms with Crippen LogP contribution in [0.15, 0.2) is 11.6 Å². The van der Waals surface area contributed by atoms with E-state index in [1.54, 1.807) is 4.67 Å². The van der Waals surface area contributed by atoms with Crippen molar-refractivity contribution in [2.45, 2.75) is 0 Å². The van der Waals surface area contributed by atoms with Crippen LogP contribution in [0.4, 0.5) is 0 Å². The van der Waals surface area contributed by atoms with E-state index < -0.39 is 7.52 Å². The third-order valence-corrected chi connectivity index (χ3v) is 4.14. The standard InChI is InChI=1S/C8H15Cl3NO2P/c1-8(11)7-14-15(2,13)12(5-3-9)6-4-10/h1,3-7H2,2H3/t15-/m0/s1. The summed E-state index contributed by atoms with van der Waals surface area (Å²) in [5, 5.41) is 0.314. The van der Waals surface area contributed by atoms with Gasteiger partial charge in [-0.3, -0.25) is 4.57 Å². The van der Waals surface area contributed by atoms with Crippen molar-refractivity contribution in [3.05, 3.63) is 11.6 Å². The highest BCUT2D eigenvalue weighted by molar-refractivity contribution is 7.55. The Hall–Kier alpha value is 0.760. The minimum absolute atomic E-state index is 0.0659. The molecule has 7 heteroatoms. The molecule has 0 unspecified atom stereocenters. The molecule has 3 nitrogen and oxygen atoms in total. The summed E-state index contributed by atoms with van der Waals surface area (Å²) in [5.74, 6) is 0.750. The first kappa shape index (κ1) is 15.8. The molecule has 0 aromatic heterocycles. The Balaban J connectivity index is 4.34. The van der Waals surface area contributed by atoms with Gasteiger partial charge in [0.2, 0.25) is 0 Å². The number of rotatable bonds is 8. The van der Waals surface area contributed by atoms with Crippen molar-refractivity contribution in [3.8, 4) is 0 Å². The molecule has 0 N–H and O–H groups in total. The maximum absolute atomic E-state index is 12.1. The van der Waals surface area contributed by atoms with E-state index in [2.05, 4.69) is 6.58 Å². The fourth-order valence-electron chi connectivity index (χ4n) is 0.942. The van der Waals surface area contributed by atoms with E-state index in [0.29, 0.717) is 29.9 Å². The van der Waals surface area contributed by atoms with Gasteiger partial charge in [0.1, 0.15) is 0 Å². The third kappa shape index (κ3) is 6.83. The normalized spacial score (nSPS) is 15.3. The molecular formula is C8H15Cl3NO2P. The molecule has 0 saturated carbocycles. The highest BCUT2D eigenvalue weighted by Crippen LogP contribution is 2.46. The highest BCUT2D eigenvalue weighted by atomic mass is 35.5. The Labute approximate surface area is 106 Å². The maximum Gasteiger partial charge on any atom is 0.269 e. The van der Waals surface area contributed by atoms with Gasteiger partial charge >= 0.3 is 0 Å². The van der Waals surface area contributed by atoms with Gasteiger partial charge in [-0.2, -0.15) is 0 Å². The van der Waals surface area contributed by atoms with Gasteiger partial charge in [-0.05, 0) is 0 Å². The molecular weight excluding hydrogens is 279 g/mol. The topological polar surface area (TPSA) is 29.5 Å². The van der Waals surface area contributed by atoms with Crippen LogP contribution in [0.1, 0.15) is 0 Å². The van der Waals surface area contributed by atoms with E-state index in [1.807, 2.05) is 0 Å². The molecule has 0 bridgehead atoms. The Morgan fingerprint density at radius 1 is 1.40 bits per heavy atom. The SMILES string of the molecule is C=C(Cl)CO[P@](C)(=O)N(CCCl)CCCl. The highest BCUT2D eigenvalue weighted by Gasteiger charge is 2.25. The van der Waals surface area contributed by atoms with Crippen molar-refractivity contribution in [1.29, 1.82) is 0 Å². The number of nitrogens with zero attached hydrogens (tertiary/aromatic N) is 1. The van der Waals surface area contributed by atoms with Crippen LogP contribution in [-0.4, -0.2) is 42.8 Å². The van der Waals surface area contributed by atoms with Crippen molar-refractivity contribution >= 4 is 42.3 Å². The Kier molecular flexibility index (Phi) is 8.34. The lowest BCUT2D eigenvalue weighted by atomic mass is 10.6. The molecule has 0 aliphatic rings. The van der Waals surface area contributed by atoms with Crippen LogP contribution in [-0.2, 0) is 9.09 Å². The van der Waals surface area contributed by atoms with E-state index >= 15 is 0 Å². The first-order chi connectivity index (χ1) is 6.94. The van der Waals surface area contributed by atoms with Crippen LogP contribution in [0, 0.1) is 0 Å². The smallest absolute Gasteiger partial charge is 0.269 e. The second-order valence-electron chi connectivity index (χ2n) is 2.93. The molecule has 1 atom stereocenters. The maximum atomic E-state index is 12.1. The van der Waals surface area contributed by atoms with E-state index in [4.69, 9.17) is 39.3 Å². The summed E-state index contributed by atoms with van der Waals surface area (Å²) in [5.41, 5.74) is 0. The minimum Gasteiger partial charge on any atom is -0.312 e. The second kappa shape index (κ2) is 7.94. The van der Waals surface area contributed by atoms with Crippen LogP contribution < -0.4 is 0 Å². The Morgan fingerprint density at radius 2 is 1.87 bits per heavy atom. The van der Waals surface area contributed by atoms with Gasteiger partial charge < -0.3 is 4.52 Å². The predicted molar refractivity (Wildman–Crippen MR) is 67.5 cm³/mol. The fourth-order valence-corrected chi connectivity index (χ4v) is 3.20. The first-order valence-electron chi connectivity index (χ1n) is 4.36. The summed E-state index contributed by atoms with van der Waals surface area (Å²) in [7, 11) is -2.87. The van der Waals surface area contributed by atoms with Crippen molar-refractivity contribution in [2.24, 2.45) is 0 Å². The lowest BCUT2D eigenvalue weighted by molar-refractivity contribution is 0.295. The summed E-state index contributed by atoms with van der Waals surface area (Å²) < 4.78 is 18.9. The monoisotopic (exact) mass is 293 g/mol. The Bertz CT molecular complexity index is 244. The van der Waals surface area contributed by atoms with Crippen LogP contribution in [0.25, 0.3) is 0 Å². The van der Waals surface area contributed by atoms with Gasteiger partial charge in [-0.1, -0.05) is 18.2 Å². The van der Waals surface area contributed by atoms with Crippen molar-refractivity contribution in [2.75, 3.05) is 38.1 Å². The van der Waals surface area contributed by atoms with Crippen molar-refractivity contribution < 1.29 is 9.09 Å². The molecule has 0 aliphatic heterocycles. The molecule has 0 spiro atoms. The summed E-state index contributed by atoms with van der Waals surface area (Å²) in [6, 6.07) is 0. The largest absolute Gasteiger partial charge is 0.312 e. The zero-order valence-electron chi connectivity index (χ0n) is 8.59. The van der Waals surface area contributed by atoms with E-state index in [0.717, 1.165) is 0 Å². The van der Waals surface area contributed by atoms with E-state index in [1.165, 1.54) is 6.66 Å². The van der Waals surface area contributed by atoms with Gasteiger partial charge in [-0.25, -0.2) is 4.67 Å². The molecule has 0 fully saturated rings. The number of halogens is 3. The molecule has 15 heavy (non-hydrogen) atoms. The minimum atomic E-state index is -2.87. The van der Waals surface area contributed by atoms with Crippen molar-refractivity contribution in [3.63, 3.8) is 0 Å². The van der Waals surface area contributed by atoms with E-state index in [-0.39, 0.29) is 6.61 Å². The molecule has 0 rings (SSSR count). The predicted octanol–water partition coefficient (Wildman–Crippen LogP) is 3.36. The molecule has 0 aromatic carbocycles. The second-order valence-corrected chi connectivity index (χ2v) is 6.65. The summed E-state index contributed by atoms with van der Waals surface area (Å²) >= 11 is 16.7. The summed E-state index contributed by atoms with van der Waals surface area (Å²) in [6.45, 7) is 5.98. The van der Waals surface area contributed by atoms with Gasteiger partial charge in [0, 0.05) is 36.5 Å².